The number of carbonyl (C=O) groups is 1. The van der Waals surface area contributed by atoms with Crippen LogP contribution in [0, 0.1) is 0 Å². The number of Topliss-reactive ketones (excluding diaryl/α,β-unsaturated/α-hetero) is 1. The summed E-state index contributed by atoms with van der Waals surface area (Å²) in [5.41, 5.74) is 1.54. The first-order chi connectivity index (χ1) is 6.79. The molecule has 0 unspecified atom stereocenters. The van der Waals surface area contributed by atoms with Crippen molar-refractivity contribution in [1.82, 2.24) is 9.61 Å². The van der Waals surface area contributed by atoms with E-state index in [0.29, 0.717) is 5.56 Å². The summed E-state index contributed by atoms with van der Waals surface area (Å²) >= 11 is 0. The van der Waals surface area contributed by atoms with Gasteiger partial charge in [-0.3, -0.25) is 4.79 Å². The first-order valence-corrected chi connectivity index (χ1v) is 4.72. The summed E-state index contributed by atoms with van der Waals surface area (Å²) in [5.74, 6) is 0.0520. The number of pyridine rings is 1. The second-order valence-corrected chi connectivity index (χ2v) is 2.64. The number of nitrogens with zero attached hydrogens (tertiary/aromatic N) is 2. The number of fused-ring (bicyclic) bond motifs is 1. The predicted molar refractivity (Wildman–Crippen MR) is 56.5 cm³/mol. The van der Waals surface area contributed by atoms with E-state index in [4.69, 9.17) is 0 Å². The molecule has 14 heavy (non-hydrogen) atoms. The van der Waals surface area contributed by atoms with Crippen LogP contribution in [0.1, 0.15) is 31.1 Å². The van der Waals surface area contributed by atoms with Crippen LogP contribution in [0.4, 0.5) is 0 Å². The first kappa shape index (κ1) is 10.4. The predicted octanol–water partition coefficient (Wildman–Crippen LogP) is 2.56. The molecular weight excluding hydrogens is 176 g/mol. The Morgan fingerprint density at radius 1 is 1.36 bits per heavy atom. The Hall–Kier alpha value is -1.64. The van der Waals surface area contributed by atoms with E-state index in [1.165, 1.54) is 0 Å². The maximum atomic E-state index is 11.1. The molecule has 0 aliphatic rings. The van der Waals surface area contributed by atoms with Crippen LogP contribution in [0.5, 0.6) is 0 Å². The lowest BCUT2D eigenvalue weighted by molar-refractivity contribution is 0.101. The fourth-order valence-electron chi connectivity index (χ4n) is 1.21. The summed E-state index contributed by atoms with van der Waals surface area (Å²) in [7, 11) is 0. The Kier molecular flexibility index (Phi) is 3.40. The monoisotopic (exact) mass is 190 g/mol. The molecule has 3 heteroatoms. The summed E-state index contributed by atoms with van der Waals surface area (Å²) in [6.07, 6.45) is 3.42. The fourth-order valence-corrected chi connectivity index (χ4v) is 1.21. The van der Waals surface area contributed by atoms with Gasteiger partial charge in [0.15, 0.2) is 5.78 Å². The Morgan fingerprint density at radius 3 is 2.71 bits per heavy atom. The van der Waals surface area contributed by atoms with Gasteiger partial charge in [-0.15, -0.1) is 0 Å². The van der Waals surface area contributed by atoms with Crippen LogP contribution < -0.4 is 0 Å². The Balaban J connectivity index is 0.000000461. The van der Waals surface area contributed by atoms with Gasteiger partial charge < -0.3 is 0 Å². The van der Waals surface area contributed by atoms with Crippen molar-refractivity contribution < 1.29 is 4.79 Å². The van der Waals surface area contributed by atoms with E-state index in [0.717, 1.165) is 5.52 Å². The Bertz CT molecular complexity index is 432. The average Bonchev–Trinajstić information content (AvgIpc) is 2.64. The van der Waals surface area contributed by atoms with Crippen molar-refractivity contribution in [3.05, 3.63) is 36.2 Å². The van der Waals surface area contributed by atoms with Gasteiger partial charge >= 0.3 is 0 Å². The van der Waals surface area contributed by atoms with Crippen LogP contribution in [0.2, 0.25) is 0 Å². The van der Waals surface area contributed by atoms with Crippen molar-refractivity contribution in [3.63, 3.8) is 0 Å². The summed E-state index contributed by atoms with van der Waals surface area (Å²) in [6.45, 7) is 5.55. The van der Waals surface area contributed by atoms with Gasteiger partial charge in [-0.2, -0.15) is 5.10 Å². The molecule has 2 heterocycles. The highest BCUT2D eigenvalue weighted by molar-refractivity contribution is 6.00. The molecule has 74 valence electrons. The van der Waals surface area contributed by atoms with E-state index in [-0.39, 0.29) is 5.78 Å². The third-order valence-corrected chi connectivity index (χ3v) is 1.81. The van der Waals surface area contributed by atoms with E-state index in [9.17, 15) is 4.79 Å². The molecule has 0 bridgehead atoms. The lowest BCUT2D eigenvalue weighted by Crippen LogP contribution is -1.90. The minimum atomic E-state index is 0.0520. The van der Waals surface area contributed by atoms with Crippen LogP contribution >= 0.6 is 0 Å². The minimum Gasteiger partial charge on any atom is -0.294 e. The van der Waals surface area contributed by atoms with Crippen molar-refractivity contribution >= 4 is 11.3 Å². The van der Waals surface area contributed by atoms with E-state index >= 15 is 0 Å². The van der Waals surface area contributed by atoms with Gasteiger partial charge in [0.25, 0.3) is 0 Å². The second kappa shape index (κ2) is 4.56. The highest BCUT2D eigenvalue weighted by Crippen LogP contribution is 2.09. The van der Waals surface area contributed by atoms with Crippen LogP contribution in [-0.4, -0.2) is 15.4 Å². The van der Waals surface area contributed by atoms with Crippen molar-refractivity contribution in [2.45, 2.75) is 20.8 Å². The summed E-state index contributed by atoms with van der Waals surface area (Å²) in [4.78, 5) is 11.1. The van der Waals surface area contributed by atoms with Crippen LogP contribution in [0.25, 0.3) is 5.52 Å². The molecule has 0 amide bonds. The van der Waals surface area contributed by atoms with Crippen LogP contribution in [0.3, 0.4) is 0 Å². The number of hydrogen-bond acceptors (Lipinski definition) is 2. The molecule has 0 aromatic carbocycles. The minimum absolute atomic E-state index is 0.0520. The molecule has 0 radical (unpaired) electrons. The molecule has 2 aromatic heterocycles. The number of carbonyl (C=O) groups excluding carboxylic acids is 1. The smallest absolute Gasteiger partial charge is 0.163 e. The van der Waals surface area contributed by atoms with Gasteiger partial charge in [-0.05, 0) is 19.1 Å². The number of ketones is 1. The van der Waals surface area contributed by atoms with Gasteiger partial charge in [0.2, 0.25) is 0 Å². The van der Waals surface area contributed by atoms with Gasteiger partial charge in [0.1, 0.15) is 0 Å². The SMILES string of the molecule is CC.CC(=O)c1cnn2ccccc12. The molecule has 0 N–H and O–H groups in total. The number of hydrogen-bond donors (Lipinski definition) is 0. The zero-order valence-electron chi connectivity index (χ0n) is 8.69. The lowest BCUT2D eigenvalue weighted by atomic mass is 10.2. The third-order valence-electron chi connectivity index (χ3n) is 1.81. The molecule has 0 spiro atoms. The number of rotatable bonds is 1. The molecule has 0 saturated heterocycles. The maximum Gasteiger partial charge on any atom is 0.163 e. The first-order valence-electron chi connectivity index (χ1n) is 4.72. The van der Waals surface area contributed by atoms with Crippen molar-refractivity contribution in [1.29, 1.82) is 0 Å². The molecule has 3 nitrogen and oxygen atoms in total. The summed E-state index contributed by atoms with van der Waals surface area (Å²) in [5, 5.41) is 4.04. The summed E-state index contributed by atoms with van der Waals surface area (Å²) in [6, 6.07) is 5.65. The Labute approximate surface area is 83.4 Å². The standard InChI is InChI=1S/C9H8N2O.C2H6/c1-7(12)8-6-10-11-5-3-2-4-9(8)11;1-2/h2-6H,1H3;1-2H3. The molecule has 0 aliphatic carbocycles. The highest BCUT2D eigenvalue weighted by atomic mass is 16.1. The van der Waals surface area contributed by atoms with Gasteiger partial charge in [-0.25, -0.2) is 4.52 Å². The van der Waals surface area contributed by atoms with Gasteiger partial charge in [-0.1, -0.05) is 19.9 Å². The molecule has 0 saturated carbocycles. The lowest BCUT2D eigenvalue weighted by Gasteiger charge is -1.91. The maximum absolute atomic E-state index is 11.1. The molecule has 2 rings (SSSR count). The van der Waals surface area contributed by atoms with Crippen molar-refractivity contribution in [2.75, 3.05) is 0 Å². The topological polar surface area (TPSA) is 34.4 Å². The van der Waals surface area contributed by atoms with Crippen molar-refractivity contribution in [2.24, 2.45) is 0 Å². The second-order valence-electron chi connectivity index (χ2n) is 2.64. The van der Waals surface area contributed by atoms with E-state index in [2.05, 4.69) is 5.10 Å². The molecule has 2 aromatic rings. The van der Waals surface area contributed by atoms with Crippen LogP contribution in [0.15, 0.2) is 30.6 Å². The van der Waals surface area contributed by atoms with E-state index in [1.807, 2.05) is 38.2 Å². The summed E-state index contributed by atoms with van der Waals surface area (Å²) < 4.78 is 1.69. The molecular formula is C11H14N2O. The van der Waals surface area contributed by atoms with Gasteiger partial charge in [0.05, 0.1) is 17.3 Å². The zero-order valence-corrected chi connectivity index (χ0v) is 8.69. The molecule has 0 aliphatic heterocycles. The largest absolute Gasteiger partial charge is 0.294 e. The fraction of sp³-hybridized carbons (Fsp3) is 0.273. The number of aromatic nitrogens is 2. The zero-order chi connectivity index (χ0) is 10.6. The molecule has 0 atom stereocenters. The highest BCUT2D eigenvalue weighted by Gasteiger charge is 2.05. The van der Waals surface area contributed by atoms with Crippen molar-refractivity contribution in [3.8, 4) is 0 Å². The van der Waals surface area contributed by atoms with Gasteiger partial charge in [0, 0.05) is 6.20 Å². The van der Waals surface area contributed by atoms with E-state index in [1.54, 1.807) is 17.6 Å². The Morgan fingerprint density at radius 2 is 2.07 bits per heavy atom. The molecule has 0 fully saturated rings. The quantitative estimate of drug-likeness (QED) is 0.648. The normalized spacial score (nSPS) is 9.36. The average molecular weight is 190 g/mol. The van der Waals surface area contributed by atoms with E-state index < -0.39 is 0 Å². The van der Waals surface area contributed by atoms with Crippen LogP contribution in [-0.2, 0) is 0 Å². The third kappa shape index (κ3) is 1.82.